The zero-order chi connectivity index (χ0) is 18.5. The highest BCUT2D eigenvalue weighted by Gasteiger charge is 2.35. The number of hydrogen-bond acceptors (Lipinski definition) is 4. The Bertz CT molecular complexity index is 836. The van der Waals surface area contributed by atoms with Crippen LogP contribution < -0.4 is 15.1 Å². The largest absolute Gasteiger partial charge is 0.496 e. The third-order valence-corrected chi connectivity index (χ3v) is 4.15. The number of nitrogens with one attached hydrogen (secondary N) is 1. The summed E-state index contributed by atoms with van der Waals surface area (Å²) in [5, 5.41) is 3.95. The minimum atomic E-state index is -0.512. The standard InChI is InChI=1S/C19H18FN3O3/c1-26-17-5-3-2-4-13(17)11-21-22-19(25)14-10-18(24)23(12-14)16-8-6-15(20)7-9-16/h2-9,11,14H,10,12H2,1H3,(H,22,25)/b21-11-/t14-/m1/s1. The maximum absolute atomic E-state index is 13.0. The summed E-state index contributed by atoms with van der Waals surface area (Å²) in [6, 6.07) is 12.9. The molecule has 2 amide bonds. The molecule has 26 heavy (non-hydrogen) atoms. The summed E-state index contributed by atoms with van der Waals surface area (Å²) in [6.45, 7) is 0.237. The third kappa shape index (κ3) is 3.88. The average Bonchev–Trinajstić information content (AvgIpc) is 3.04. The zero-order valence-electron chi connectivity index (χ0n) is 14.2. The summed E-state index contributed by atoms with van der Waals surface area (Å²) in [6.07, 6.45) is 1.58. The SMILES string of the molecule is COc1ccccc1/C=N\NC(=O)[C@@H]1CC(=O)N(c2ccc(F)cc2)C1. The second-order valence-electron chi connectivity index (χ2n) is 5.86. The monoisotopic (exact) mass is 355 g/mol. The van der Waals surface area contributed by atoms with Gasteiger partial charge in [0.25, 0.3) is 0 Å². The number of carbonyl (C=O) groups is 2. The van der Waals surface area contributed by atoms with E-state index in [2.05, 4.69) is 10.5 Å². The van der Waals surface area contributed by atoms with Crippen molar-refractivity contribution in [1.82, 2.24) is 5.43 Å². The molecule has 134 valence electrons. The molecule has 3 rings (SSSR count). The van der Waals surface area contributed by atoms with E-state index < -0.39 is 5.92 Å². The van der Waals surface area contributed by atoms with Crippen LogP contribution in [0.15, 0.2) is 53.6 Å². The van der Waals surface area contributed by atoms with E-state index in [0.717, 1.165) is 5.56 Å². The highest BCUT2D eigenvalue weighted by Crippen LogP contribution is 2.25. The fraction of sp³-hybridized carbons (Fsp3) is 0.211. The molecule has 1 N–H and O–H groups in total. The van der Waals surface area contributed by atoms with Crippen molar-refractivity contribution in [1.29, 1.82) is 0 Å². The van der Waals surface area contributed by atoms with Gasteiger partial charge in [-0.2, -0.15) is 5.10 Å². The first-order chi connectivity index (χ1) is 12.6. The van der Waals surface area contributed by atoms with E-state index in [4.69, 9.17) is 4.74 Å². The lowest BCUT2D eigenvalue weighted by molar-refractivity contribution is -0.126. The first-order valence-corrected chi connectivity index (χ1v) is 8.10. The van der Waals surface area contributed by atoms with Crippen molar-refractivity contribution in [2.45, 2.75) is 6.42 Å². The summed E-state index contributed by atoms with van der Waals surface area (Å²) in [5.74, 6) is -0.758. The summed E-state index contributed by atoms with van der Waals surface area (Å²) < 4.78 is 18.2. The van der Waals surface area contributed by atoms with Crippen molar-refractivity contribution in [2.75, 3.05) is 18.6 Å². The Labute approximate surface area is 150 Å². The molecule has 0 spiro atoms. The third-order valence-electron chi connectivity index (χ3n) is 4.15. The van der Waals surface area contributed by atoms with Gasteiger partial charge in [0.15, 0.2) is 0 Å². The van der Waals surface area contributed by atoms with Crippen LogP contribution in [0.5, 0.6) is 5.75 Å². The number of rotatable bonds is 5. The topological polar surface area (TPSA) is 71.0 Å². The molecule has 6 nitrogen and oxygen atoms in total. The predicted octanol–water partition coefficient (Wildman–Crippen LogP) is 2.34. The molecule has 0 aromatic heterocycles. The maximum Gasteiger partial charge on any atom is 0.245 e. The minimum Gasteiger partial charge on any atom is -0.496 e. The molecule has 1 aliphatic rings. The van der Waals surface area contributed by atoms with E-state index in [1.807, 2.05) is 18.2 Å². The number of halogens is 1. The molecule has 2 aromatic rings. The fourth-order valence-corrected chi connectivity index (χ4v) is 2.78. The predicted molar refractivity (Wildman–Crippen MR) is 95.6 cm³/mol. The normalized spacial score (nSPS) is 16.9. The lowest BCUT2D eigenvalue weighted by Gasteiger charge is -2.16. The smallest absolute Gasteiger partial charge is 0.245 e. The Morgan fingerprint density at radius 2 is 2.00 bits per heavy atom. The molecule has 1 atom stereocenters. The van der Waals surface area contributed by atoms with Gasteiger partial charge in [0.05, 0.1) is 19.2 Å². The molecule has 0 unspecified atom stereocenters. The number of para-hydroxylation sites is 1. The summed E-state index contributed by atoms with van der Waals surface area (Å²) in [5.41, 5.74) is 3.76. The lowest BCUT2D eigenvalue weighted by atomic mass is 10.1. The highest BCUT2D eigenvalue weighted by molar-refractivity contribution is 6.00. The number of ether oxygens (including phenoxy) is 1. The lowest BCUT2D eigenvalue weighted by Crippen LogP contribution is -2.30. The number of methoxy groups -OCH3 is 1. The van der Waals surface area contributed by atoms with Gasteiger partial charge in [-0.05, 0) is 36.4 Å². The van der Waals surface area contributed by atoms with Crippen LogP contribution >= 0.6 is 0 Å². The molecule has 0 radical (unpaired) electrons. The van der Waals surface area contributed by atoms with E-state index >= 15 is 0 Å². The van der Waals surface area contributed by atoms with Gasteiger partial charge in [-0.3, -0.25) is 9.59 Å². The zero-order valence-corrected chi connectivity index (χ0v) is 14.2. The Hall–Kier alpha value is -3.22. The molecule has 1 aliphatic heterocycles. The van der Waals surface area contributed by atoms with Crippen molar-refractivity contribution in [3.63, 3.8) is 0 Å². The summed E-state index contributed by atoms with van der Waals surface area (Å²) in [7, 11) is 1.55. The molecule has 1 saturated heterocycles. The number of hydrazone groups is 1. The van der Waals surface area contributed by atoms with E-state index in [1.54, 1.807) is 13.2 Å². The summed E-state index contributed by atoms with van der Waals surface area (Å²) >= 11 is 0. The summed E-state index contributed by atoms with van der Waals surface area (Å²) in [4.78, 5) is 25.9. The van der Waals surface area contributed by atoms with Gasteiger partial charge < -0.3 is 9.64 Å². The molecule has 0 bridgehead atoms. The molecular weight excluding hydrogens is 337 g/mol. The molecule has 0 aliphatic carbocycles. The Morgan fingerprint density at radius 3 is 2.73 bits per heavy atom. The van der Waals surface area contributed by atoms with Crippen LogP contribution in [0.4, 0.5) is 10.1 Å². The molecule has 2 aromatic carbocycles. The van der Waals surface area contributed by atoms with E-state index in [9.17, 15) is 14.0 Å². The van der Waals surface area contributed by atoms with E-state index in [1.165, 1.54) is 35.4 Å². The van der Waals surface area contributed by atoms with Crippen molar-refractivity contribution >= 4 is 23.7 Å². The number of nitrogens with zero attached hydrogens (tertiary/aromatic N) is 2. The molecule has 1 fully saturated rings. The minimum absolute atomic E-state index is 0.0907. The second-order valence-corrected chi connectivity index (χ2v) is 5.86. The van der Waals surface area contributed by atoms with Gasteiger partial charge in [0, 0.05) is 24.2 Å². The van der Waals surface area contributed by atoms with Crippen molar-refractivity contribution in [3.8, 4) is 5.75 Å². The molecule has 0 saturated carbocycles. The van der Waals surface area contributed by atoms with Gasteiger partial charge in [-0.25, -0.2) is 9.82 Å². The fourth-order valence-electron chi connectivity index (χ4n) is 2.78. The molecule has 1 heterocycles. The van der Waals surface area contributed by atoms with Crippen molar-refractivity contribution in [2.24, 2.45) is 11.0 Å². The molecular formula is C19H18FN3O3. The maximum atomic E-state index is 13.0. The van der Waals surface area contributed by atoms with Gasteiger partial charge in [-0.15, -0.1) is 0 Å². The number of hydrogen-bond donors (Lipinski definition) is 1. The van der Waals surface area contributed by atoms with Crippen LogP contribution in [0.3, 0.4) is 0 Å². The Morgan fingerprint density at radius 1 is 1.27 bits per heavy atom. The van der Waals surface area contributed by atoms with E-state index in [0.29, 0.717) is 11.4 Å². The van der Waals surface area contributed by atoms with Crippen molar-refractivity contribution in [3.05, 3.63) is 59.9 Å². The van der Waals surface area contributed by atoms with Crippen molar-refractivity contribution < 1.29 is 18.7 Å². The van der Waals surface area contributed by atoms with Gasteiger partial charge >= 0.3 is 0 Å². The van der Waals surface area contributed by atoms with Gasteiger partial charge in [-0.1, -0.05) is 12.1 Å². The average molecular weight is 355 g/mol. The number of carbonyl (C=O) groups excluding carboxylic acids is 2. The van der Waals surface area contributed by atoms with Gasteiger partial charge in [0.2, 0.25) is 11.8 Å². The number of anilines is 1. The second kappa shape index (κ2) is 7.77. The molecule has 7 heteroatoms. The quantitative estimate of drug-likeness (QED) is 0.661. The van der Waals surface area contributed by atoms with Crippen LogP contribution in [-0.2, 0) is 9.59 Å². The van der Waals surface area contributed by atoms with E-state index in [-0.39, 0.29) is 30.6 Å². The van der Waals surface area contributed by atoms with Crippen LogP contribution in [-0.4, -0.2) is 31.7 Å². The highest BCUT2D eigenvalue weighted by atomic mass is 19.1. The Balaban J connectivity index is 1.61. The van der Waals surface area contributed by atoms with Crippen LogP contribution in [0, 0.1) is 11.7 Å². The number of benzene rings is 2. The first-order valence-electron chi connectivity index (χ1n) is 8.10. The first kappa shape index (κ1) is 17.6. The van der Waals surface area contributed by atoms with Crippen LogP contribution in [0.2, 0.25) is 0 Å². The van der Waals surface area contributed by atoms with Gasteiger partial charge in [0.1, 0.15) is 11.6 Å². The number of amides is 2. The van der Waals surface area contributed by atoms with Crippen LogP contribution in [0.1, 0.15) is 12.0 Å². The Kier molecular flexibility index (Phi) is 5.26. The van der Waals surface area contributed by atoms with Crippen LogP contribution in [0.25, 0.3) is 0 Å².